The van der Waals surface area contributed by atoms with Crippen LogP contribution in [0.25, 0.3) is 0 Å². The second kappa shape index (κ2) is 5.09. The molecule has 0 spiro atoms. The molecule has 6 heteroatoms. The van der Waals surface area contributed by atoms with E-state index in [2.05, 4.69) is 0 Å². The van der Waals surface area contributed by atoms with Crippen LogP contribution in [0.1, 0.15) is 12.5 Å². The van der Waals surface area contributed by atoms with Gasteiger partial charge in [-0.2, -0.15) is 5.26 Å². The number of nitro groups is 1. The lowest BCUT2D eigenvalue weighted by Crippen LogP contribution is -2.10. The third-order valence-electron chi connectivity index (χ3n) is 1.94. The van der Waals surface area contributed by atoms with E-state index in [-0.39, 0.29) is 18.0 Å². The normalized spacial score (nSPS) is 11.6. The van der Waals surface area contributed by atoms with Crippen LogP contribution in [0.15, 0.2) is 18.2 Å². The molecular formula is C10H11N3O3. The number of ether oxygens (including phenoxy) is 1. The average molecular weight is 221 g/mol. The van der Waals surface area contributed by atoms with E-state index in [1.165, 1.54) is 19.1 Å². The van der Waals surface area contributed by atoms with E-state index >= 15 is 0 Å². The molecule has 1 aromatic carbocycles. The Balaban J connectivity index is 3.11. The fourth-order valence-corrected chi connectivity index (χ4v) is 1.15. The van der Waals surface area contributed by atoms with E-state index in [4.69, 9.17) is 15.7 Å². The summed E-state index contributed by atoms with van der Waals surface area (Å²) in [5.74, 6) is 0.0713. The summed E-state index contributed by atoms with van der Waals surface area (Å²) in [4.78, 5) is 10.1. The highest BCUT2D eigenvalue weighted by atomic mass is 16.6. The number of rotatable bonds is 4. The fourth-order valence-electron chi connectivity index (χ4n) is 1.15. The Kier molecular flexibility index (Phi) is 3.80. The number of nitriles is 1. The first-order chi connectivity index (χ1) is 7.58. The van der Waals surface area contributed by atoms with Crippen molar-refractivity contribution in [3.63, 3.8) is 0 Å². The van der Waals surface area contributed by atoms with Crippen LogP contribution in [0, 0.1) is 21.4 Å². The van der Waals surface area contributed by atoms with Gasteiger partial charge in [0.25, 0.3) is 0 Å². The van der Waals surface area contributed by atoms with Crippen LogP contribution in [-0.4, -0.2) is 11.0 Å². The number of hydrogen-bond acceptors (Lipinski definition) is 5. The maximum Gasteiger partial charge on any atom is 0.310 e. The number of nitro benzene ring substituents is 1. The predicted molar refractivity (Wildman–Crippen MR) is 56.7 cm³/mol. The number of nitrogens with zero attached hydrogens (tertiary/aromatic N) is 2. The first kappa shape index (κ1) is 11.9. The first-order valence-electron chi connectivity index (χ1n) is 4.62. The molecule has 0 aromatic heterocycles. The van der Waals surface area contributed by atoms with Crippen LogP contribution in [0.3, 0.4) is 0 Å². The molecule has 0 heterocycles. The van der Waals surface area contributed by atoms with Gasteiger partial charge in [-0.15, -0.1) is 0 Å². The maximum absolute atomic E-state index is 10.7. The minimum atomic E-state index is -0.744. The van der Waals surface area contributed by atoms with Crippen molar-refractivity contribution in [2.75, 3.05) is 0 Å². The summed E-state index contributed by atoms with van der Waals surface area (Å²) < 4.78 is 5.14. The number of nitrogens with two attached hydrogens (primary N) is 1. The van der Waals surface area contributed by atoms with Crippen molar-refractivity contribution in [2.45, 2.75) is 19.6 Å². The van der Waals surface area contributed by atoms with Crippen molar-refractivity contribution in [3.8, 4) is 11.8 Å². The monoisotopic (exact) mass is 221 g/mol. The van der Waals surface area contributed by atoms with Crippen molar-refractivity contribution in [1.82, 2.24) is 0 Å². The Morgan fingerprint density at radius 1 is 1.69 bits per heavy atom. The van der Waals surface area contributed by atoms with Crippen molar-refractivity contribution < 1.29 is 9.66 Å². The quantitative estimate of drug-likeness (QED) is 0.610. The van der Waals surface area contributed by atoms with Crippen molar-refractivity contribution in [3.05, 3.63) is 33.9 Å². The zero-order valence-electron chi connectivity index (χ0n) is 8.71. The van der Waals surface area contributed by atoms with Gasteiger partial charge in [0.15, 0.2) is 11.9 Å². The van der Waals surface area contributed by atoms with Crippen molar-refractivity contribution >= 4 is 5.69 Å². The second-order valence-electron chi connectivity index (χ2n) is 3.15. The highest BCUT2D eigenvalue weighted by Crippen LogP contribution is 2.28. The Hall–Kier alpha value is -2.13. The molecule has 0 bridgehead atoms. The smallest absolute Gasteiger partial charge is 0.310 e. The Morgan fingerprint density at radius 3 is 2.88 bits per heavy atom. The van der Waals surface area contributed by atoms with E-state index in [9.17, 15) is 10.1 Å². The molecule has 0 amide bonds. The topological polar surface area (TPSA) is 102 Å². The first-order valence-corrected chi connectivity index (χ1v) is 4.62. The minimum Gasteiger partial charge on any atom is -0.469 e. The molecule has 84 valence electrons. The van der Waals surface area contributed by atoms with Crippen LogP contribution in [0.4, 0.5) is 5.69 Å². The van der Waals surface area contributed by atoms with Gasteiger partial charge in [0.05, 0.1) is 4.92 Å². The molecule has 1 aromatic rings. The Bertz CT molecular complexity index is 439. The van der Waals surface area contributed by atoms with E-state index in [0.29, 0.717) is 5.56 Å². The van der Waals surface area contributed by atoms with Gasteiger partial charge in [0.2, 0.25) is 0 Å². The zero-order valence-corrected chi connectivity index (χ0v) is 8.71. The maximum atomic E-state index is 10.7. The molecule has 1 unspecified atom stereocenters. The average Bonchev–Trinajstić information content (AvgIpc) is 2.28. The third kappa shape index (κ3) is 2.68. The summed E-state index contributed by atoms with van der Waals surface area (Å²) in [6.45, 7) is 1.77. The molecule has 0 aliphatic rings. The summed E-state index contributed by atoms with van der Waals surface area (Å²) in [5.41, 5.74) is 5.96. The SMILES string of the molecule is CC(C#N)Oc1cc(CN)ccc1[N+](=O)[O-]. The van der Waals surface area contributed by atoms with E-state index in [1.807, 2.05) is 6.07 Å². The van der Waals surface area contributed by atoms with Crippen LogP contribution in [0.5, 0.6) is 5.75 Å². The molecule has 0 saturated carbocycles. The molecule has 0 aliphatic carbocycles. The summed E-state index contributed by atoms with van der Waals surface area (Å²) in [7, 11) is 0. The summed E-state index contributed by atoms with van der Waals surface area (Å²) in [5, 5.41) is 19.3. The molecule has 2 N–H and O–H groups in total. The highest BCUT2D eigenvalue weighted by molar-refractivity contribution is 5.48. The van der Waals surface area contributed by atoms with Crippen molar-refractivity contribution in [2.24, 2.45) is 5.73 Å². The van der Waals surface area contributed by atoms with Gasteiger partial charge in [-0.25, -0.2) is 0 Å². The molecule has 0 fully saturated rings. The van der Waals surface area contributed by atoms with Gasteiger partial charge in [-0.05, 0) is 18.6 Å². The fraction of sp³-hybridized carbons (Fsp3) is 0.300. The molecule has 1 atom stereocenters. The molecule has 0 saturated heterocycles. The summed E-state index contributed by atoms with van der Waals surface area (Å²) in [6, 6.07) is 6.20. The van der Waals surface area contributed by atoms with Crippen LogP contribution in [-0.2, 0) is 6.54 Å². The Morgan fingerprint density at radius 2 is 2.38 bits per heavy atom. The largest absolute Gasteiger partial charge is 0.469 e. The van der Waals surface area contributed by atoms with Gasteiger partial charge in [-0.1, -0.05) is 6.07 Å². The van der Waals surface area contributed by atoms with Gasteiger partial charge >= 0.3 is 5.69 Å². The third-order valence-corrected chi connectivity index (χ3v) is 1.94. The van der Waals surface area contributed by atoms with Gasteiger partial charge < -0.3 is 10.5 Å². The van der Waals surface area contributed by atoms with Crippen molar-refractivity contribution in [1.29, 1.82) is 5.26 Å². The standard InChI is InChI=1S/C10H11N3O3/c1-7(5-11)16-10-4-8(6-12)2-3-9(10)13(14)15/h2-4,7H,6,12H2,1H3. The molecule has 16 heavy (non-hydrogen) atoms. The molecular weight excluding hydrogens is 210 g/mol. The van der Waals surface area contributed by atoms with Crippen LogP contribution < -0.4 is 10.5 Å². The van der Waals surface area contributed by atoms with Crippen LogP contribution >= 0.6 is 0 Å². The van der Waals surface area contributed by atoms with E-state index in [0.717, 1.165) is 0 Å². The van der Waals surface area contributed by atoms with E-state index in [1.54, 1.807) is 6.07 Å². The Labute approximate surface area is 92.4 Å². The van der Waals surface area contributed by atoms with Crippen LogP contribution in [0.2, 0.25) is 0 Å². The lowest BCUT2D eigenvalue weighted by molar-refractivity contribution is -0.386. The van der Waals surface area contributed by atoms with E-state index < -0.39 is 11.0 Å². The molecule has 0 aliphatic heterocycles. The molecule has 1 rings (SSSR count). The van der Waals surface area contributed by atoms with Gasteiger partial charge in [-0.3, -0.25) is 10.1 Å². The molecule has 0 radical (unpaired) electrons. The van der Waals surface area contributed by atoms with Gasteiger partial charge in [0.1, 0.15) is 6.07 Å². The number of benzene rings is 1. The molecule has 6 nitrogen and oxygen atoms in total. The lowest BCUT2D eigenvalue weighted by Gasteiger charge is -2.09. The highest BCUT2D eigenvalue weighted by Gasteiger charge is 2.17. The lowest BCUT2D eigenvalue weighted by atomic mass is 10.2. The summed E-state index contributed by atoms with van der Waals surface area (Å²) in [6.07, 6.45) is -0.744. The summed E-state index contributed by atoms with van der Waals surface area (Å²) >= 11 is 0. The van der Waals surface area contributed by atoms with Gasteiger partial charge in [0, 0.05) is 12.6 Å². The predicted octanol–water partition coefficient (Wildman–Crippen LogP) is 1.34. The minimum absolute atomic E-state index is 0.0713. The number of hydrogen-bond donors (Lipinski definition) is 1. The zero-order chi connectivity index (χ0) is 12.1. The second-order valence-corrected chi connectivity index (χ2v) is 3.15.